The molecule has 1 aliphatic heterocycles. The number of para-hydroxylation sites is 1. The first-order valence-electron chi connectivity index (χ1n) is 8.44. The summed E-state index contributed by atoms with van der Waals surface area (Å²) in [5.41, 5.74) is 0.774. The van der Waals surface area contributed by atoms with E-state index in [0.29, 0.717) is 10.4 Å². The van der Waals surface area contributed by atoms with Crippen LogP contribution in [0.3, 0.4) is 0 Å². The van der Waals surface area contributed by atoms with E-state index in [0.717, 1.165) is 12.1 Å². The van der Waals surface area contributed by atoms with E-state index in [4.69, 9.17) is 0 Å². The Balaban J connectivity index is 1.79. The van der Waals surface area contributed by atoms with Gasteiger partial charge in [0.15, 0.2) is 0 Å². The van der Waals surface area contributed by atoms with E-state index < -0.39 is 33.3 Å². The van der Waals surface area contributed by atoms with Crippen molar-refractivity contribution in [3.05, 3.63) is 91.5 Å². The first-order valence-corrected chi connectivity index (χ1v) is 8.44. The molecule has 0 aromatic heterocycles. The van der Waals surface area contributed by atoms with Crippen LogP contribution in [0.1, 0.15) is 31.1 Å². The first-order chi connectivity index (χ1) is 14.3. The fourth-order valence-electron chi connectivity index (χ4n) is 3.29. The van der Waals surface area contributed by atoms with Crippen molar-refractivity contribution in [3.8, 4) is 0 Å². The highest BCUT2D eigenvalue weighted by Gasteiger charge is 2.36. The second-order valence-corrected chi connectivity index (χ2v) is 6.32. The number of imide groups is 1. The topological polar surface area (TPSA) is 153 Å². The number of hydrogen-bond donors (Lipinski definition) is 1. The van der Waals surface area contributed by atoms with Crippen LogP contribution in [-0.2, 0) is 0 Å². The van der Waals surface area contributed by atoms with E-state index in [9.17, 15) is 34.6 Å². The highest BCUT2D eigenvalue weighted by Crippen LogP contribution is 2.33. The largest absolute Gasteiger partial charge is 0.282 e. The molecular weight excluding hydrogens is 396 g/mol. The summed E-state index contributed by atoms with van der Waals surface area (Å²) in [6, 6.07) is 11.7. The van der Waals surface area contributed by atoms with Crippen LogP contribution in [0.15, 0.2) is 54.6 Å². The molecule has 0 saturated carbocycles. The van der Waals surface area contributed by atoms with Crippen molar-refractivity contribution in [1.82, 2.24) is 10.4 Å². The fourth-order valence-corrected chi connectivity index (χ4v) is 3.29. The predicted molar refractivity (Wildman–Crippen MR) is 102 cm³/mol. The molecule has 3 amide bonds. The summed E-state index contributed by atoms with van der Waals surface area (Å²) < 4.78 is 0. The number of hydrazine groups is 1. The molecule has 0 saturated heterocycles. The number of nitrogens with one attached hydrogen (secondary N) is 1. The summed E-state index contributed by atoms with van der Waals surface area (Å²) in [7, 11) is 0. The van der Waals surface area contributed by atoms with Gasteiger partial charge in [-0.15, -0.1) is 0 Å². The van der Waals surface area contributed by atoms with Crippen LogP contribution in [0.25, 0.3) is 10.8 Å². The van der Waals surface area contributed by atoms with Gasteiger partial charge in [-0.2, -0.15) is 5.01 Å². The molecule has 0 aliphatic carbocycles. The van der Waals surface area contributed by atoms with Gasteiger partial charge < -0.3 is 0 Å². The SMILES string of the molecule is O=C(NN1C(=O)c2cccc3cc([N+](=O)[O-])cc(c23)C1=O)c1ccccc1[N+](=O)[O-]. The average molecular weight is 406 g/mol. The number of nitro benzene ring substituents is 2. The van der Waals surface area contributed by atoms with E-state index in [1.807, 2.05) is 0 Å². The highest BCUT2D eigenvalue weighted by atomic mass is 16.6. The Bertz CT molecular complexity index is 1300. The summed E-state index contributed by atoms with van der Waals surface area (Å²) in [6.45, 7) is 0. The van der Waals surface area contributed by atoms with Crippen LogP contribution in [-0.4, -0.2) is 32.6 Å². The molecule has 148 valence electrons. The molecule has 3 aromatic rings. The number of nitro groups is 2. The summed E-state index contributed by atoms with van der Waals surface area (Å²) in [6.07, 6.45) is 0. The van der Waals surface area contributed by atoms with Gasteiger partial charge in [-0.3, -0.25) is 40.0 Å². The lowest BCUT2D eigenvalue weighted by molar-refractivity contribution is -0.385. The molecule has 0 bridgehead atoms. The number of carbonyl (C=O) groups excluding carboxylic acids is 3. The number of rotatable bonds is 4. The third-order valence-electron chi connectivity index (χ3n) is 4.60. The molecule has 11 nitrogen and oxygen atoms in total. The summed E-state index contributed by atoms with van der Waals surface area (Å²) >= 11 is 0. The zero-order valence-electron chi connectivity index (χ0n) is 14.9. The van der Waals surface area contributed by atoms with Crippen molar-refractivity contribution < 1.29 is 24.2 Å². The standard InChI is InChI=1S/C19H10N4O7/c24-17(12-5-1-2-7-15(12)23(29)30)20-21-18(25)13-6-3-4-10-8-11(22(27)28)9-14(16(10)13)19(21)26/h1-9H,(H,20,24). The summed E-state index contributed by atoms with van der Waals surface area (Å²) in [5.74, 6) is -2.90. The van der Waals surface area contributed by atoms with Crippen LogP contribution in [0.4, 0.5) is 11.4 Å². The number of carbonyl (C=O) groups is 3. The molecule has 11 heteroatoms. The first kappa shape index (κ1) is 18.7. The van der Waals surface area contributed by atoms with E-state index in [1.54, 1.807) is 0 Å². The van der Waals surface area contributed by atoms with E-state index in [2.05, 4.69) is 5.43 Å². The summed E-state index contributed by atoms with van der Waals surface area (Å²) in [4.78, 5) is 59.3. The molecule has 0 fully saturated rings. The Morgan fingerprint density at radius 3 is 2.27 bits per heavy atom. The second-order valence-electron chi connectivity index (χ2n) is 6.32. The van der Waals surface area contributed by atoms with Crippen molar-refractivity contribution in [1.29, 1.82) is 0 Å². The van der Waals surface area contributed by atoms with Gasteiger partial charge >= 0.3 is 0 Å². The van der Waals surface area contributed by atoms with Crippen molar-refractivity contribution >= 4 is 39.9 Å². The van der Waals surface area contributed by atoms with Gasteiger partial charge in [0.05, 0.1) is 21.0 Å². The maximum absolute atomic E-state index is 12.9. The smallest absolute Gasteiger partial charge is 0.267 e. The van der Waals surface area contributed by atoms with Crippen molar-refractivity contribution in [3.63, 3.8) is 0 Å². The fraction of sp³-hybridized carbons (Fsp3) is 0. The Morgan fingerprint density at radius 1 is 0.867 bits per heavy atom. The lowest BCUT2D eigenvalue weighted by Gasteiger charge is -2.27. The minimum Gasteiger partial charge on any atom is -0.267 e. The van der Waals surface area contributed by atoms with Gasteiger partial charge in [0.2, 0.25) is 0 Å². The van der Waals surface area contributed by atoms with E-state index in [-0.39, 0.29) is 27.8 Å². The van der Waals surface area contributed by atoms with Crippen molar-refractivity contribution in [2.75, 3.05) is 0 Å². The maximum Gasteiger partial charge on any atom is 0.282 e. The monoisotopic (exact) mass is 406 g/mol. The maximum atomic E-state index is 12.9. The van der Waals surface area contributed by atoms with Crippen LogP contribution in [0.5, 0.6) is 0 Å². The molecule has 0 atom stereocenters. The van der Waals surface area contributed by atoms with E-state index >= 15 is 0 Å². The quantitative estimate of drug-likeness (QED) is 0.397. The molecule has 1 heterocycles. The molecule has 0 spiro atoms. The number of benzene rings is 3. The van der Waals surface area contributed by atoms with Gasteiger partial charge in [-0.1, -0.05) is 24.3 Å². The highest BCUT2D eigenvalue weighted by molar-refractivity contribution is 6.26. The average Bonchev–Trinajstić information content (AvgIpc) is 2.74. The molecule has 3 aromatic carbocycles. The lowest BCUT2D eigenvalue weighted by Crippen LogP contribution is -2.51. The Morgan fingerprint density at radius 2 is 1.57 bits per heavy atom. The zero-order chi connectivity index (χ0) is 21.6. The Labute approximate surface area is 166 Å². The molecule has 4 rings (SSSR count). The third kappa shape index (κ3) is 2.81. The molecule has 1 N–H and O–H groups in total. The van der Waals surface area contributed by atoms with Crippen LogP contribution < -0.4 is 5.43 Å². The predicted octanol–water partition coefficient (Wildman–Crippen LogP) is 2.60. The molecule has 0 unspecified atom stereocenters. The number of non-ortho nitro benzene ring substituents is 1. The molecule has 0 radical (unpaired) electrons. The second kappa shape index (κ2) is 6.74. The normalized spacial score (nSPS) is 12.7. The van der Waals surface area contributed by atoms with Crippen molar-refractivity contribution in [2.45, 2.75) is 0 Å². The van der Waals surface area contributed by atoms with Crippen LogP contribution >= 0.6 is 0 Å². The minimum atomic E-state index is -1.05. The molecule has 30 heavy (non-hydrogen) atoms. The summed E-state index contributed by atoms with van der Waals surface area (Å²) in [5, 5.41) is 23.3. The van der Waals surface area contributed by atoms with Crippen molar-refractivity contribution in [2.24, 2.45) is 0 Å². The molecule has 1 aliphatic rings. The Kier molecular flexibility index (Phi) is 4.20. The Hall–Kier alpha value is -4.67. The number of nitrogens with zero attached hydrogens (tertiary/aromatic N) is 3. The van der Waals surface area contributed by atoms with Gasteiger partial charge in [0, 0.05) is 23.6 Å². The van der Waals surface area contributed by atoms with E-state index in [1.165, 1.54) is 42.5 Å². The minimum absolute atomic E-state index is 0.0554. The van der Waals surface area contributed by atoms with Crippen LogP contribution in [0.2, 0.25) is 0 Å². The molecular formula is C19H10N4O7. The zero-order valence-corrected chi connectivity index (χ0v) is 14.9. The number of hydrogen-bond acceptors (Lipinski definition) is 7. The third-order valence-corrected chi connectivity index (χ3v) is 4.60. The van der Waals surface area contributed by atoms with Gasteiger partial charge in [-0.05, 0) is 17.5 Å². The van der Waals surface area contributed by atoms with Gasteiger partial charge in [-0.25, -0.2) is 0 Å². The number of amides is 3. The van der Waals surface area contributed by atoms with Crippen LogP contribution in [0, 0.1) is 20.2 Å². The van der Waals surface area contributed by atoms with Gasteiger partial charge in [0.1, 0.15) is 5.56 Å². The van der Waals surface area contributed by atoms with Gasteiger partial charge in [0.25, 0.3) is 29.1 Å². The lowest BCUT2D eigenvalue weighted by atomic mass is 9.94.